The van der Waals surface area contributed by atoms with Crippen molar-refractivity contribution in [3.8, 4) is 0 Å². The third-order valence-corrected chi connectivity index (χ3v) is 5.49. The number of carboxylic acids is 2. The van der Waals surface area contributed by atoms with Crippen molar-refractivity contribution in [2.24, 2.45) is 5.92 Å². The van der Waals surface area contributed by atoms with Crippen molar-refractivity contribution in [2.75, 3.05) is 13.7 Å². The van der Waals surface area contributed by atoms with Crippen LogP contribution in [0, 0.1) is 5.92 Å². The van der Waals surface area contributed by atoms with E-state index in [0.717, 1.165) is 0 Å². The minimum Gasteiger partial charge on any atom is -0.481 e. The lowest BCUT2D eigenvalue weighted by Crippen LogP contribution is -2.57. The fraction of sp³-hybridized carbons (Fsp3) is 0.714. The maximum absolute atomic E-state index is 12.9. The van der Waals surface area contributed by atoms with Crippen LogP contribution in [0.25, 0.3) is 0 Å². The molecule has 1 heterocycles. The molecule has 0 spiro atoms. The minimum absolute atomic E-state index is 0.271. The number of methoxy groups -OCH3 is 1. The molecule has 0 bridgehead atoms. The van der Waals surface area contributed by atoms with E-state index in [2.05, 4.69) is 16.0 Å². The summed E-state index contributed by atoms with van der Waals surface area (Å²) >= 11 is 0. The highest BCUT2D eigenvalue weighted by molar-refractivity contribution is 5.95. The molecule has 0 aliphatic carbocycles. The number of aliphatic carboxylic acids is 2. The Morgan fingerprint density at radius 2 is 1.53 bits per heavy atom. The smallest absolute Gasteiger partial charge is 0.326 e. The Balaban J connectivity index is 2.74. The molecule has 0 radical (unpaired) electrons. The Bertz CT molecular complexity index is 801. The Labute approximate surface area is 197 Å². The van der Waals surface area contributed by atoms with E-state index in [1.807, 2.05) is 0 Å². The van der Waals surface area contributed by atoms with Crippen molar-refractivity contribution in [3.63, 3.8) is 0 Å². The first-order valence-corrected chi connectivity index (χ1v) is 11.0. The summed E-state index contributed by atoms with van der Waals surface area (Å²) in [6.45, 7) is 6.38. The molecule has 4 amide bonds. The van der Waals surface area contributed by atoms with Crippen LogP contribution in [0.2, 0.25) is 0 Å². The first kappa shape index (κ1) is 28.8. The number of likely N-dealkylation sites (tertiary alicyclic amines) is 1. The van der Waals surface area contributed by atoms with Gasteiger partial charge in [-0.15, -0.1) is 0 Å². The van der Waals surface area contributed by atoms with Gasteiger partial charge in [-0.05, 0) is 32.6 Å². The van der Waals surface area contributed by atoms with Gasteiger partial charge in [0.15, 0.2) is 0 Å². The molecular weight excluding hydrogens is 452 g/mol. The predicted octanol–water partition coefficient (Wildman–Crippen LogP) is -1.30. The van der Waals surface area contributed by atoms with E-state index in [1.165, 1.54) is 25.9 Å². The lowest BCUT2D eigenvalue weighted by Gasteiger charge is -2.29. The number of amides is 4. The number of hydrogen-bond acceptors (Lipinski definition) is 7. The number of carbonyl (C=O) groups excluding carboxylic acids is 4. The standard InChI is InChI=1S/C21H34N4O9/c1-10(2)16(21(32)33)24-18(29)13-7-6-8-25(13)20(31)12(4)23-17(28)11(3)22-19(30)14(34-5)9-15(26)27/h10-14,16H,6-9H2,1-5H3,(H,22,30)(H,23,28)(H,24,29)(H,26,27)(H,32,33)/t11-,12-,13-,14?,16-/m0/s1. The van der Waals surface area contributed by atoms with Crippen LogP contribution in [-0.2, 0) is 33.5 Å². The number of rotatable bonds is 12. The second-order valence-corrected chi connectivity index (χ2v) is 8.54. The summed E-state index contributed by atoms with van der Waals surface area (Å²) in [5, 5.41) is 25.4. The Kier molecular flexibility index (Phi) is 10.9. The molecule has 1 aliphatic heterocycles. The molecular formula is C21H34N4O9. The van der Waals surface area contributed by atoms with Gasteiger partial charge in [-0.2, -0.15) is 0 Å². The monoisotopic (exact) mass is 486 g/mol. The van der Waals surface area contributed by atoms with Gasteiger partial charge in [0, 0.05) is 13.7 Å². The molecule has 5 N–H and O–H groups in total. The van der Waals surface area contributed by atoms with Crippen LogP contribution in [-0.4, -0.2) is 94.6 Å². The van der Waals surface area contributed by atoms with E-state index < -0.39 is 72.3 Å². The zero-order chi connectivity index (χ0) is 26.2. The minimum atomic E-state index is -1.28. The van der Waals surface area contributed by atoms with Crippen LogP contribution in [0.15, 0.2) is 0 Å². The molecule has 13 heteroatoms. The third kappa shape index (κ3) is 7.97. The van der Waals surface area contributed by atoms with Crippen LogP contribution in [0.3, 0.4) is 0 Å². The molecule has 0 aromatic carbocycles. The molecule has 13 nitrogen and oxygen atoms in total. The largest absolute Gasteiger partial charge is 0.481 e. The average molecular weight is 487 g/mol. The highest BCUT2D eigenvalue weighted by Crippen LogP contribution is 2.19. The van der Waals surface area contributed by atoms with Gasteiger partial charge in [0.2, 0.25) is 23.6 Å². The van der Waals surface area contributed by atoms with Crippen LogP contribution in [0.5, 0.6) is 0 Å². The summed E-state index contributed by atoms with van der Waals surface area (Å²) in [5.74, 6) is -5.35. The van der Waals surface area contributed by atoms with E-state index in [4.69, 9.17) is 9.84 Å². The molecule has 1 saturated heterocycles. The predicted molar refractivity (Wildman–Crippen MR) is 117 cm³/mol. The van der Waals surface area contributed by atoms with Gasteiger partial charge in [0.1, 0.15) is 30.3 Å². The van der Waals surface area contributed by atoms with E-state index in [0.29, 0.717) is 12.8 Å². The Hall–Kier alpha value is -3.22. The summed E-state index contributed by atoms with van der Waals surface area (Å²) in [6.07, 6.45) is -0.963. The first-order valence-electron chi connectivity index (χ1n) is 11.0. The van der Waals surface area contributed by atoms with Crippen LogP contribution in [0.4, 0.5) is 0 Å². The maximum Gasteiger partial charge on any atom is 0.326 e. The summed E-state index contributed by atoms with van der Waals surface area (Å²) in [5.41, 5.74) is 0. The first-order chi connectivity index (χ1) is 15.8. The summed E-state index contributed by atoms with van der Waals surface area (Å²) < 4.78 is 4.82. The van der Waals surface area contributed by atoms with Crippen molar-refractivity contribution < 1.29 is 43.7 Å². The lowest BCUT2D eigenvalue weighted by atomic mass is 10.0. The quantitative estimate of drug-likeness (QED) is 0.223. The summed E-state index contributed by atoms with van der Waals surface area (Å²) in [4.78, 5) is 73.6. The van der Waals surface area contributed by atoms with Crippen molar-refractivity contribution in [2.45, 2.75) is 77.2 Å². The molecule has 1 unspecified atom stereocenters. The fourth-order valence-electron chi connectivity index (χ4n) is 3.53. The fourth-order valence-corrected chi connectivity index (χ4v) is 3.53. The number of nitrogens with zero attached hydrogens (tertiary/aromatic N) is 1. The third-order valence-electron chi connectivity index (χ3n) is 5.49. The molecule has 0 saturated carbocycles. The molecule has 192 valence electrons. The van der Waals surface area contributed by atoms with Crippen LogP contribution in [0.1, 0.15) is 47.0 Å². The van der Waals surface area contributed by atoms with Crippen molar-refractivity contribution in [3.05, 3.63) is 0 Å². The number of ether oxygens (including phenoxy) is 1. The summed E-state index contributed by atoms with van der Waals surface area (Å²) in [7, 11) is 1.17. The molecule has 1 fully saturated rings. The topological polar surface area (TPSA) is 191 Å². The van der Waals surface area contributed by atoms with Gasteiger partial charge in [0.25, 0.3) is 0 Å². The molecule has 0 aromatic heterocycles. The zero-order valence-electron chi connectivity index (χ0n) is 20.0. The van der Waals surface area contributed by atoms with E-state index in [9.17, 15) is 33.9 Å². The number of carboxylic acid groups (broad SMARTS) is 2. The molecule has 5 atom stereocenters. The lowest BCUT2D eigenvalue weighted by molar-refractivity contribution is -0.146. The van der Waals surface area contributed by atoms with Gasteiger partial charge in [-0.1, -0.05) is 13.8 Å². The van der Waals surface area contributed by atoms with Crippen molar-refractivity contribution in [1.29, 1.82) is 0 Å². The number of hydrogen-bond donors (Lipinski definition) is 5. The zero-order valence-corrected chi connectivity index (χ0v) is 20.0. The highest BCUT2D eigenvalue weighted by Gasteiger charge is 2.38. The van der Waals surface area contributed by atoms with Crippen LogP contribution < -0.4 is 16.0 Å². The van der Waals surface area contributed by atoms with E-state index in [1.54, 1.807) is 13.8 Å². The van der Waals surface area contributed by atoms with Crippen molar-refractivity contribution >= 4 is 35.6 Å². The van der Waals surface area contributed by atoms with Gasteiger partial charge >= 0.3 is 11.9 Å². The average Bonchev–Trinajstić information content (AvgIpc) is 3.24. The second kappa shape index (κ2) is 12.9. The molecule has 1 rings (SSSR count). The van der Waals surface area contributed by atoms with E-state index >= 15 is 0 Å². The summed E-state index contributed by atoms with van der Waals surface area (Å²) in [6, 6.07) is -4.07. The van der Waals surface area contributed by atoms with Gasteiger partial charge in [-0.3, -0.25) is 24.0 Å². The maximum atomic E-state index is 12.9. The van der Waals surface area contributed by atoms with E-state index in [-0.39, 0.29) is 12.5 Å². The number of carbonyl (C=O) groups is 6. The Morgan fingerprint density at radius 3 is 2.03 bits per heavy atom. The van der Waals surface area contributed by atoms with Gasteiger partial charge < -0.3 is 35.8 Å². The molecule has 34 heavy (non-hydrogen) atoms. The SMILES string of the molecule is COC(CC(=O)O)C(=O)N[C@@H](C)C(=O)N[C@@H](C)C(=O)N1CCC[C@H]1C(=O)N[C@H](C(=O)O)C(C)C. The van der Waals surface area contributed by atoms with Gasteiger partial charge in [-0.25, -0.2) is 4.79 Å². The Morgan fingerprint density at radius 1 is 0.941 bits per heavy atom. The van der Waals surface area contributed by atoms with Crippen molar-refractivity contribution in [1.82, 2.24) is 20.9 Å². The highest BCUT2D eigenvalue weighted by atomic mass is 16.5. The molecule has 0 aromatic rings. The van der Waals surface area contributed by atoms with Crippen LogP contribution >= 0.6 is 0 Å². The second-order valence-electron chi connectivity index (χ2n) is 8.54. The number of nitrogens with one attached hydrogen (secondary N) is 3. The molecule has 1 aliphatic rings. The van der Waals surface area contributed by atoms with Gasteiger partial charge in [0.05, 0.1) is 6.42 Å². The normalized spacial score (nSPS) is 19.0.